The molecule has 0 saturated carbocycles. The highest BCUT2D eigenvalue weighted by Crippen LogP contribution is 2.22. The molecular formula is C12H12ClNO5. The van der Waals surface area contributed by atoms with E-state index in [9.17, 15) is 19.7 Å². The van der Waals surface area contributed by atoms with Gasteiger partial charge in [-0.3, -0.25) is 14.9 Å². The summed E-state index contributed by atoms with van der Waals surface area (Å²) in [5.74, 6) is -1.24. The number of esters is 1. The monoisotopic (exact) mass is 285 g/mol. The van der Waals surface area contributed by atoms with Crippen LogP contribution in [0, 0.1) is 10.1 Å². The van der Waals surface area contributed by atoms with Crippen molar-refractivity contribution in [1.82, 2.24) is 0 Å². The van der Waals surface area contributed by atoms with Crippen molar-refractivity contribution in [2.75, 3.05) is 6.61 Å². The molecule has 0 aliphatic carbocycles. The number of carbonyl (C=O) groups is 2. The first kappa shape index (κ1) is 15.1. The van der Waals surface area contributed by atoms with E-state index < -0.39 is 27.7 Å². The van der Waals surface area contributed by atoms with Crippen molar-refractivity contribution in [3.63, 3.8) is 0 Å². The molecule has 0 heterocycles. The Morgan fingerprint density at radius 2 is 2.11 bits per heavy atom. The smallest absolute Gasteiger partial charge is 0.345 e. The van der Waals surface area contributed by atoms with Crippen LogP contribution >= 0.6 is 11.6 Å². The first-order valence-electron chi connectivity index (χ1n) is 5.52. The normalized spacial score (nSPS) is 11.7. The number of nitro benzene ring substituents is 1. The fourth-order valence-corrected chi connectivity index (χ4v) is 1.57. The number of nitrogens with zero attached hydrogens (tertiary/aromatic N) is 1. The zero-order chi connectivity index (χ0) is 14.6. The number of rotatable bonds is 5. The van der Waals surface area contributed by atoms with Crippen LogP contribution in [-0.4, -0.2) is 28.7 Å². The summed E-state index contributed by atoms with van der Waals surface area (Å²) >= 11 is 5.64. The van der Waals surface area contributed by atoms with E-state index in [2.05, 4.69) is 0 Å². The molecule has 0 fully saturated rings. The summed E-state index contributed by atoms with van der Waals surface area (Å²) in [4.78, 5) is 33.4. The Bertz CT molecular complexity index is 527. The van der Waals surface area contributed by atoms with Gasteiger partial charge in [0.15, 0.2) is 5.78 Å². The minimum absolute atomic E-state index is 0.0854. The van der Waals surface area contributed by atoms with Gasteiger partial charge in [-0.2, -0.15) is 0 Å². The number of carbonyl (C=O) groups excluding carboxylic acids is 2. The lowest BCUT2D eigenvalue weighted by Crippen LogP contribution is -2.13. The zero-order valence-corrected chi connectivity index (χ0v) is 11.1. The average molecular weight is 286 g/mol. The maximum Gasteiger partial charge on any atom is 0.345 e. The predicted molar refractivity (Wildman–Crippen MR) is 68.7 cm³/mol. The van der Waals surface area contributed by atoms with Crippen molar-refractivity contribution in [1.29, 1.82) is 0 Å². The summed E-state index contributed by atoms with van der Waals surface area (Å²) in [5.41, 5.74) is -0.575. The van der Waals surface area contributed by atoms with Crippen molar-refractivity contribution in [3.8, 4) is 0 Å². The minimum atomic E-state index is -0.799. The van der Waals surface area contributed by atoms with Crippen molar-refractivity contribution in [2.45, 2.75) is 19.2 Å². The van der Waals surface area contributed by atoms with E-state index in [0.717, 1.165) is 6.07 Å². The molecule has 0 bridgehead atoms. The topological polar surface area (TPSA) is 86.5 Å². The molecule has 0 spiro atoms. The number of ether oxygens (including phenoxy) is 1. The van der Waals surface area contributed by atoms with Gasteiger partial charge in [0, 0.05) is 11.6 Å². The maximum absolute atomic E-state index is 11.7. The molecule has 7 heteroatoms. The largest absolute Gasteiger partial charge is 0.462 e. The lowest BCUT2D eigenvalue weighted by Gasteiger charge is -2.06. The third-order valence-corrected chi connectivity index (χ3v) is 2.53. The number of nitro groups is 1. The van der Waals surface area contributed by atoms with E-state index in [4.69, 9.17) is 16.3 Å². The number of halogens is 1. The lowest BCUT2D eigenvalue weighted by molar-refractivity contribution is -0.385. The van der Waals surface area contributed by atoms with Gasteiger partial charge in [0.1, 0.15) is 5.56 Å². The van der Waals surface area contributed by atoms with Gasteiger partial charge in [-0.15, -0.1) is 11.6 Å². The molecule has 1 aromatic rings. The van der Waals surface area contributed by atoms with Crippen LogP contribution in [0.15, 0.2) is 18.2 Å². The number of benzene rings is 1. The number of hydrogen-bond acceptors (Lipinski definition) is 5. The summed E-state index contributed by atoms with van der Waals surface area (Å²) in [6.07, 6.45) is 0. The summed E-state index contributed by atoms with van der Waals surface area (Å²) in [5, 5.41) is 10.1. The van der Waals surface area contributed by atoms with Crippen LogP contribution in [0.1, 0.15) is 34.6 Å². The Hall–Kier alpha value is -1.95. The SMILES string of the molecule is CCOC(=O)c1ccc(C(=O)C(C)Cl)cc1[N+](=O)[O-]. The highest BCUT2D eigenvalue weighted by atomic mass is 35.5. The third-order valence-electron chi connectivity index (χ3n) is 2.34. The number of ketones is 1. The van der Waals surface area contributed by atoms with E-state index in [-0.39, 0.29) is 17.7 Å². The number of alkyl halides is 1. The molecule has 19 heavy (non-hydrogen) atoms. The van der Waals surface area contributed by atoms with Gasteiger partial charge in [-0.1, -0.05) is 0 Å². The van der Waals surface area contributed by atoms with Gasteiger partial charge in [0.05, 0.1) is 16.9 Å². The van der Waals surface area contributed by atoms with E-state index >= 15 is 0 Å². The molecule has 0 amide bonds. The molecule has 1 aromatic carbocycles. The van der Waals surface area contributed by atoms with Crippen LogP contribution < -0.4 is 0 Å². The van der Waals surface area contributed by atoms with Crippen molar-refractivity contribution in [2.24, 2.45) is 0 Å². The van der Waals surface area contributed by atoms with Crippen molar-refractivity contribution in [3.05, 3.63) is 39.4 Å². The third kappa shape index (κ3) is 3.51. The van der Waals surface area contributed by atoms with Gasteiger partial charge in [-0.05, 0) is 26.0 Å². The molecule has 1 rings (SSSR count). The molecule has 0 aliphatic rings. The lowest BCUT2D eigenvalue weighted by atomic mass is 10.0. The van der Waals surface area contributed by atoms with E-state index in [1.54, 1.807) is 6.92 Å². The molecule has 0 aliphatic heterocycles. The Morgan fingerprint density at radius 3 is 2.58 bits per heavy atom. The first-order valence-corrected chi connectivity index (χ1v) is 5.96. The van der Waals surface area contributed by atoms with Crippen LogP contribution in [0.25, 0.3) is 0 Å². The Balaban J connectivity index is 3.26. The zero-order valence-electron chi connectivity index (χ0n) is 10.4. The van der Waals surface area contributed by atoms with Gasteiger partial charge in [-0.25, -0.2) is 4.79 Å². The van der Waals surface area contributed by atoms with Crippen LogP contribution in [0.4, 0.5) is 5.69 Å². The quantitative estimate of drug-likeness (QED) is 0.273. The van der Waals surface area contributed by atoms with Gasteiger partial charge in [0.2, 0.25) is 0 Å². The Morgan fingerprint density at radius 1 is 1.47 bits per heavy atom. The molecule has 0 saturated heterocycles. The van der Waals surface area contributed by atoms with Crippen LogP contribution in [-0.2, 0) is 4.74 Å². The second-order valence-corrected chi connectivity index (χ2v) is 4.34. The molecule has 0 aromatic heterocycles. The van der Waals surface area contributed by atoms with Gasteiger partial charge < -0.3 is 4.74 Å². The number of Topliss-reactive ketones (excluding diaryl/α,β-unsaturated/α-hetero) is 1. The molecule has 6 nitrogen and oxygen atoms in total. The highest BCUT2D eigenvalue weighted by Gasteiger charge is 2.24. The standard InChI is InChI=1S/C12H12ClNO5/c1-3-19-12(16)9-5-4-8(11(15)7(2)13)6-10(9)14(17)18/h4-7H,3H2,1-2H3. The first-order chi connectivity index (χ1) is 8.88. The minimum Gasteiger partial charge on any atom is -0.462 e. The van der Waals surface area contributed by atoms with Gasteiger partial charge in [0.25, 0.3) is 5.69 Å². The molecule has 1 atom stereocenters. The van der Waals surface area contributed by atoms with Gasteiger partial charge >= 0.3 is 5.97 Å². The average Bonchev–Trinajstić information content (AvgIpc) is 2.37. The van der Waals surface area contributed by atoms with E-state index in [0.29, 0.717) is 0 Å². The molecule has 0 N–H and O–H groups in total. The molecule has 1 unspecified atom stereocenters. The summed E-state index contributed by atoms with van der Waals surface area (Å²) in [6, 6.07) is 3.55. The van der Waals surface area contributed by atoms with E-state index in [1.165, 1.54) is 19.1 Å². The number of hydrogen-bond donors (Lipinski definition) is 0. The molecule has 102 valence electrons. The summed E-state index contributed by atoms with van der Waals surface area (Å²) in [6.45, 7) is 3.17. The Kier molecular flexibility index (Phi) is 5.00. The maximum atomic E-state index is 11.7. The van der Waals surface area contributed by atoms with Crippen LogP contribution in [0.3, 0.4) is 0 Å². The predicted octanol–water partition coefficient (Wildman–Crippen LogP) is 2.58. The highest BCUT2D eigenvalue weighted by molar-refractivity contribution is 6.33. The van der Waals surface area contributed by atoms with Crippen molar-refractivity contribution < 1.29 is 19.2 Å². The fraction of sp³-hybridized carbons (Fsp3) is 0.333. The second-order valence-electron chi connectivity index (χ2n) is 3.69. The van der Waals surface area contributed by atoms with Crippen LogP contribution in [0.5, 0.6) is 0 Å². The fourth-order valence-electron chi connectivity index (χ4n) is 1.45. The second kappa shape index (κ2) is 6.29. The van der Waals surface area contributed by atoms with Crippen LogP contribution in [0.2, 0.25) is 0 Å². The molecular weight excluding hydrogens is 274 g/mol. The summed E-state index contributed by atoms with van der Waals surface area (Å²) in [7, 11) is 0. The van der Waals surface area contributed by atoms with Crippen molar-refractivity contribution >= 4 is 29.0 Å². The molecule has 0 radical (unpaired) electrons. The Labute approximate surface area is 114 Å². The summed E-state index contributed by atoms with van der Waals surface area (Å²) < 4.78 is 4.71. The van der Waals surface area contributed by atoms with E-state index in [1.807, 2.05) is 0 Å².